The molecule has 0 atom stereocenters. The Labute approximate surface area is 164 Å². The van der Waals surface area contributed by atoms with Crippen LogP contribution in [0.15, 0.2) is 24.4 Å². The van der Waals surface area contributed by atoms with Gasteiger partial charge in [-0.1, -0.05) is 24.4 Å². The highest BCUT2D eigenvalue weighted by Gasteiger charge is 2.31. The number of nitrogens with zero attached hydrogens (tertiary/aromatic N) is 4. The van der Waals surface area contributed by atoms with Crippen LogP contribution in [-0.4, -0.2) is 35.5 Å². The molecule has 1 amide bonds. The molecule has 1 saturated carbocycles. The number of benzene rings is 1. The molecule has 0 radical (unpaired) electrons. The van der Waals surface area contributed by atoms with Gasteiger partial charge in [0.1, 0.15) is 5.69 Å². The van der Waals surface area contributed by atoms with Crippen LogP contribution in [0.5, 0.6) is 0 Å². The van der Waals surface area contributed by atoms with Crippen LogP contribution < -0.4 is 15.1 Å². The zero-order valence-electron chi connectivity index (χ0n) is 15.7. The molecule has 0 saturated heterocycles. The first-order chi connectivity index (χ1) is 13.0. The number of rotatable bonds is 3. The third-order valence-corrected chi connectivity index (χ3v) is 5.93. The molecule has 27 heavy (non-hydrogen) atoms. The number of halogens is 1. The summed E-state index contributed by atoms with van der Waals surface area (Å²) in [6.45, 7) is 2.67. The van der Waals surface area contributed by atoms with Crippen molar-refractivity contribution in [2.75, 3.05) is 28.7 Å². The first-order valence-electron chi connectivity index (χ1n) is 9.46. The molecule has 1 aliphatic heterocycles. The van der Waals surface area contributed by atoms with E-state index < -0.39 is 0 Å². The molecule has 4 rings (SSSR count). The molecule has 0 bridgehead atoms. The van der Waals surface area contributed by atoms with Gasteiger partial charge >= 0.3 is 0 Å². The number of aromatic nitrogens is 2. The van der Waals surface area contributed by atoms with E-state index in [2.05, 4.69) is 15.2 Å². The molecular formula is C20H24ClN5O. The third-order valence-electron chi connectivity index (χ3n) is 5.50. The lowest BCUT2D eigenvalue weighted by atomic mass is 10.2. The molecule has 0 spiro atoms. The second kappa shape index (κ2) is 7.35. The quantitative estimate of drug-likeness (QED) is 0.853. The van der Waals surface area contributed by atoms with E-state index in [1.807, 2.05) is 25.1 Å². The van der Waals surface area contributed by atoms with Gasteiger partial charge in [-0.15, -0.1) is 0 Å². The molecule has 0 unspecified atom stereocenters. The summed E-state index contributed by atoms with van der Waals surface area (Å²) in [5, 5.41) is 4.00. The van der Waals surface area contributed by atoms with Gasteiger partial charge in [0, 0.05) is 36.8 Å². The summed E-state index contributed by atoms with van der Waals surface area (Å²) in [6, 6.07) is 6.19. The van der Waals surface area contributed by atoms with Crippen molar-refractivity contribution in [3.8, 4) is 0 Å². The number of amides is 1. The smallest absolute Gasteiger partial charge is 0.229 e. The highest BCUT2D eigenvalue weighted by atomic mass is 35.5. The Morgan fingerprint density at radius 1 is 1.26 bits per heavy atom. The van der Waals surface area contributed by atoms with Crippen molar-refractivity contribution >= 4 is 40.6 Å². The number of hydrogen-bond donors (Lipinski definition) is 1. The lowest BCUT2D eigenvalue weighted by Gasteiger charge is -2.30. The fraction of sp³-hybridized carbons (Fsp3) is 0.450. The molecule has 142 valence electrons. The van der Waals surface area contributed by atoms with Gasteiger partial charge in [-0.05, 0) is 43.5 Å². The van der Waals surface area contributed by atoms with Gasteiger partial charge in [-0.2, -0.15) is 4.98 Å². The van der Waals surface area contributed by atoms with Gasteiger partial charge < -0.3 is 15.1 Å². The average Bonchev–Trinajstić information content (AvgIpc) is 3.15. The molecule has 2 aromatic rings. The molecule has 6 nitrogen and oxygen atoms in total. The first kappa shape index (κ1) is 18.0. The van der Waals surface area contributed by atoms with Crippen molar-refractivity contribution in [2.24, 2.45) is 0 Å². The lowest BCUT2D eigenvalue weighted by Crippen LogP contribution is -2.34. The zero-order chi connectivity index (χ0) is 19.0. The van der Waals surface area contributed by atoms with Crippen LogP contribution in [0.3, 0.4) is 0 Å². The third kappa shape index (κ3) is 3.58. The number of hydrogen-bond acceptors (Lipinski definition) is 5. The number of anilines is 4. The summed E-state index contributed by atoms with van der Waals surface area (Å²) >= 11 is 6.11. The van der Waals surface area contributed by atoms with E-state index in [-0.39, 0.29) is 5.91 Å². The van der Waals surface area contributed by atoms with Gasteiger partial charge in [-0.25, -0.2) is 4.98 Å². The number of fused-ring (bicyclic) bond motifs is 1. The van der Waals surface area contributed by atoms with Gasteiger partial charge in [0.2, 0.25) is 11.9 Å². The van der Waals surface area contributed by atoms with E-state index in [4.69, 9.17) is 16.6 Å². The first-order valence-corrected chi connectivity index (χ1v) is 9.84. The molecule has 1 N–H and O–H groups in total. The maximum absolute atomic E-state index is 12.4. The van der Waals surface area contributed by atoms with Crippen LogP contribution in [0.4, 0.5) is 23.1 Å². The Morgan fingerprint density at radius 3 is 2.78 bits per heavy atom. The van der Waals surface area contributed by atoms with E-state index in [0.717, 1.165) is 40.6 Å². The Balaban J connectivity index is 1.69. The molecule has 1 aromatic heterocycles. The van der Waals surface area contributed by atoms with E-state index in [9.17, 15) is 4.79 Å². The normalized spacial score (nSPS) is 17.8. The summed E-state index contributed by atoms with van der Waals surface area (Å²) in [5.74, 6) is 1.48. The summed E-state index contributed by atoms with van der Waals surface area (Å²) in [4.78, 5) is 25.6. The van der Waals surface area contributed by atoms with E-state index in [0.29, 0.717) is 25.0 Å². The van der Waals surface area contributed by atoms with E-state index in [1.165, 1.54) is 12.8 Å². The Kier molecular flexibility index (Phi) is 4.91. The van der Waals surface area contributed by atoms with E-state index >= 15 is 0 Å². The zero-order valence-corrected chi connectivity index (χ0v) is 16.5. The standard InChI is InChI=1S/C20H24ClN5O/c1-13-11-14(7-8-16(13)21)23-20-22-12-17-19(24-20)26(15-5-3-4-6-15)10-9-18(27)25(17)2/h7-8,11-12,15H,3-6,9-10H2,1-2H3,(H,22,23,24). The number of nitrogens with one attached hydrogen (secondary N) is 1. The molecular weight excluding hydrogens is 362 g/mol. The van der Waals surface area contributed by atoms with Crippen molar-refractivity contribution in [2.45, 2.75) is 45.1 Å². The lowest BCUT2D eigenvalue weighted by molar-refractivity contribution is -0.118. The van der Waals surface area contributed by atoms with E-state index in [1.54, 1.807) is 18.1 Å². The van der Waals surface area contributed by atoms with Crippen LogP contribution in [0.25, 0.3) is 0 Å². The minimum Gasteiger partial charge on any atom is -0.351 e. The second-order valence-corrected chi connectivity index (χ2v) is 7.73. The highest BCUT2D eigenvalue weighted by molar-refractivity contribution is 6.31. The fourth-order valence-corrected chi connectivity index (χ4v) is 4.04. The number of carbonyl (C=O) groups is 1. The van der Waals surface area contributed by atoms with Crippen LogP contribution in [-0.2, 0) is 4.79 Å². The molecule has 2 aliphatic rings. The summed E-state index contributed by atoms with van der Waals surface area (Å²) < 4.78 is 0. The number of aryl methyl sites for hydroxylation is 1. The monoisotopic (exact) mass is 385 g/mol. The maximum Gasteiger partial charge on any atom is 0.229 e. The average molecular weight is 386 g/mol. The van der Waals surface area contributed by atoms with Crippen molar-refractivity contribution in [1.29, 1.82) is 0 Å². The predicted octanol–water partition coefficient (Wildman–Crippen LogP) is 4.30. The second-order valence-electron chi connectivity index (χ2n) is 7.33. The highest BCUT2D eigenvalue weighted by Crippen LogP contribution is 2.36. The minimum atomic E-state index is 0.106. The molecule has 1 aromatic carbocycles. The van der Waals surface area contributed by atoms with Gasteiger partial charge in [0.15, 0.2) is 5.82 Å². The summed E-state index contributed by atoms with van der Waals surface area (Å²) in [5.41, 5.74) is 2.67. The maximum atomic E-state index is 12.4. The van der Waals surface area contributed by atoms with Crippen LogP contribution in [0, 0.1) is 6.92 Å². The number of carbonyl (C=O) groups excluding carboxylic acids is 1. The Bertz CT molecular complexity index is 865. The molecule has 7 heteroatoms. The van der Waals surface area contributed by atoms with Crippen LogP contribution in [0.1, 0.15) is 37.7 Å². The van der Waals surface area contributed by atoms with Crippen LogP contribution >= 0.6 is 11.6 Å². The largest absolute Gasteiger partial charge is 0.351 e. The molecule has 1 fully saturated rings. The predicted molar refractivity (Wildman–Crippen MR) is 109 cm³/mol. The Hall–Kier alpha value is -2.34. The molecule has 2 heterocycles. The fourth-order valence-electron chi connectivity index (χ4n) is 3.92. The van der Waals surface area contributed by atoms with Gasteiger partial charge in [-0.3, -0.25) is 4.79 Å². The topological polar surface area (TPSA) is 61.4 Å². The van der Waals surface area contributed by atoms with Gasteiger partial charge in [0.05, 0.1) is 6.20 Å². The summed E-state index contributed by atoms with van der Waals surface area (Å²) in [6.07, 6.45) is 7.03. The van der Waals surface area contributed by atoms with Crippen molar-refractivity contribution < 1.29 is 4.79 Å². The Morgan fingerprint density at radius 2 is 2.04 bits per heavy atom. The molecule has 1 aliphatic carbocycles. The van der Waals surface area contributed by atoms with Crippen molar-refractivity contribution in [3.63, 3.8) is 0 Å². The van der Waals surface area contributed by atoms with Crippen LogP contribution in [0.2, 0.25) is 5.02 Å². The summed E-state index contributed by atoms with van der Waals surface area (Å²) in [7, 11) is 1.80. The van der Waals surface area contributed by atoms with Gasteiger partial charge in [0.25, 0.3) is 0 Å². The van der Waals surface area contributed by atoms with Crippen molar-refractivity contribution in [1.82, 2.24) is 9.97 Å². The minimum absolute atomic E-state index is 0.106. The van der Waals surface area contributed by atoms with Crippen molar-refractivity contribution in [3.05, 3.63) is 35.0 Å². The SMILES string of the molecule is Cc1cc(Nc2ncc3c(n2)N(C2CCCC2)CCC(=O)N3C)ccc1Cl.